The van der Waals surface area contributed by atoms with E-state index in [0.717, 1.165) is 5.92 Å². The molecule has 0 heterocycles. The Kier molecular flexibility index (Phi) is 5.26. The van der Waals surface area contributed by atoms with E-state index in [9.17, 15) is 0 Å². The van der Waals surface area contributed by atoms with Crippen LogP contribution in [0.4, 0.5) is 0 Å². The molecule has 54 valence electrons. The minimum atomic E-state index is 0. The largest absolute Gasteiger partial charge is 0.0774 e. The van der Waals surface area contributed by atoms with Crippen LogP contribution in [0.2, 0.25) is 0 Å². The molecule has 1 aliphatic rings. The molecule has 0 spiro atoms. The van der Waals surface area contributed by atoms with Crippen LogP contribution in [0.15, 0.2) is 23.8 Å². The van der Waals surface area contributed by atoms with E-state index >= 15 is 0 Å². The average Bonchev–Trinajstić information content (AvgIpc) is 2.34. The van der Waals surface area contributed by atoms with Crippen LogP contribution in [0, 0.1) is 5.92 Å². The molecule has 0 bridgehead atoms. The quantitative estimate of drug-likeness (QED) is 0.662. The van der Waals surface area contributed by atoms with Crippen molar-refractivity contribution in [2.24, 2.45) is 5.92 Å². The summed E-state index contributed by atoms with van der Waals surface area (Å²) >= 11 is 0. The van der Waals surface area contributed by atoms with E-state index in [1.54, 1.807) is 0 Å². The first-order valence-corrected chi connectivity index (χ1v) is 3.75. The number of allylic oxidation sites excluding steroid dienone is 4. The third-order valence-electron chi connectivity index (χ3n) is 1.87. The van der Waals surface area contributed by atoms with Gasteiger partial charge in [-0.1, -0.05) is 37.6 Å². The third kappa shape index (κ3) is 2.54. The molecule has 1 rings (SSSR count). The molecule has 1 unspecified atom stereocenters. The van der Waals surface area contributed by atoms with E-state index in [0.29, 0.717) is 0 Å². The minimum Gasteiger partial charge on any atom is -0.0774 e. The summed E-state index contributed by atoms with van der Waals surface area (Å²) in [5.74, 6) is 0.736. The van der Waals surface area contributed by atoms with Crippen molar-refractivity contribution in [3.05, 3.63) is 23.8 Å². The molecule has 0 nitrogen and oxygen atoms in total. The van der Waals surface area contributed by atoms with Gasteiger partial charge in [0.05, 0.1) is 0 Å². The Morgan fingerprint density at radius 1 is 1.40 bits per heavy atom. The molecule has 1 atom stereocenters. The SMILES string of the molecule is CCC1=CC(CC)C=C1.[Zr]. The second-order valence-electron chi connectivity index (χ2n) is 2.53. The fourth-order valence-electron chi connectivity index (χ4n) is 1.12. The van der Waals surface area contributed by atoms with Crippen LogP contribution in [-0.4, -0.2) is 0 Å². The molecule has 1 heteroatoms. The molecule has 10 heavy (non-hydrogen) atoms. The van der Waals surface area contributed by atoms with Crippen molar-refractivity contribution in [3.63, 3.8) is 0 Å². The van der Waals surface area contributed by atoms with Gasteiger partial charge in [-0.25, -0.2) is 0 Å². The molecule has 0 saturated heterocycles. The molecule has 1 aliphatic carbocycles. The predicted molar refractivity (Wildman–Crippen MR) is 41.3 cm³/mol. The van der Waals surface area contributed by atoms with Gasteiger partial charge in [-0.3, -0.25) is 0 Å². The molecule has 0 aromatic rings. The third-order valence-corrected chi connectivity index (χ3v) is 1.87. The zero-order chi connectivity index (χ0) is 6.69. The summed E-state index contributed by atoms with van der Waals surface area (Å²) in [5, 5.41) is 0. The van der Waals surface area contributed by atoms with Crippen LogP contribution in [0.1, 0.15) is 26.7 Å². The van der Waals surface area contributed by atoms with Crippen LogP contribution >= 0.6 is 0 Å². The number of hydrogen-bond donors (Lipinski definition) is 0. The fraction of sp³-hybridized carbons (Fsp3) is 0.556. The van der Waals surface area contributed by atoms with E-state index in [2.05, 4.69) is 32.1 Å². The van der Waals surface area contributed by atoms with Gasteiger partial charge in [-0.05, 0) is 18.8 Å². The maximum atomic E-state index is 2.36. The summed E-state index contributed by atoms with van der Waals surface area (Å²) in [6, 6.07) is 0. The normalized spacial score (nSPS) is 22.2. The van der Waals surface area contributed by atoms with Gasteiger partial charge >= 0.3 is 0 Å². The van der Waals surface area contributed by atoms with E-state index in [-0.39, 0.29) is 26.2 Å². The molecule has 0 saturated carbocycles. The van der Waals surface area contributed by atoms with E-state index < -0.39 is 0 Å². The molecular weight excluding hydrogens is 199 g/mol. The second kappa shape index (κ2) is 5.07. The fourth-order valence-corrected chi connectivity index (χ4v) is 1.12. The Morgan fingerprint density at radius 2 is 2.10 bits per heavy atom. The topological polar surface area (TPSA) is 0 Å². The zero-order valence-corrected chi connectivity index (χ0v) is 9.18. The second-order valence-corrected chi connectivity index (χ2v) is 2.53. The summed E-state index contributed by atoms with van der Waals surface area (Å²) in [6.07, 6.45) is 9.33. The Morgan fingerprint density at radius 3 is 2.40 bits per heavy atom. The number of rotatable bonds is 2. The van der Waals surface area contributed by atoms with Crippen molar-refractivity contribution in [3.8, 4) is 0 Å². The average molecular weight is 213 g/mol. The molecule has 0 N–H and O–H groups in total. The van der Waals surface area contributed by atoms with Crippen molar-refractivity contribution in [1.29, 1.82) is 0 Å². The summed E-state index contributed by atoms with van der Waals surface area (Å²) < 4.78 is 0. The molecule has 0 aliphatic heterocycles. The maximum Gasteiger partial charge on any atom is 0 e. The molecule has 0 fully saturated rings. The molecule has 0 radical (unpaired) electrons. The Labute approximate surface area is 82.5 Å². The summed E-state index contributed by atoms with van der Waals surface area (Å²) in [4.78, 5) is 0. The molecular formula is C9H14Zr. The van der Waals surface area contributed by atoms with E-state index in [1.807, 2.05) is 0 Å². The van der Waals surface area contributed by atoms with Gasteiger partial charge < -0.3 is 0 Å². The first-order valence-electron chi connectivity index (χ1n) is 3.75. The number of hydrogen-bond acceptors (Lipinski definition) is 0. The van der Waals surface area contributed by atoms with Crippen LogP contribution in [-0.2, 0) is 26.2 Å². The zero-order valence-electron chi connectivity index (χ0n) is 6.72. The first-order chi connectivity index (χ1) is 4.36. The van der Waals surface area contributed by atoms with Crippen molar-refractivity contribution >= 4 is 0 Å². The van der Waals surface area contributed by atoms with Gasteiger partial charge in [0.15, 0.2) is 0 Å². The molecule has 0 aromatic heterocycles. The Balaban J connectivity index is 0.000000810. The molecule has 0 aromatic carbocycles. The van der Waals surface area contributed by atoms with Gasteiger partial charge in [-0.2, -0.15) is 0 Å². The van der Waals surface area contributed by atoms with Crippen molar-refractivity contribution in [1.82, 2.24) is 0 Å². The van der Waals surface area contributed by atoms with Gasteiger partial charge in [-0.15, -0.1) is 0 Å². The van der Waals surface area contributed by atoms with Gasteiger partial charge in [0.2, 0.25) is 0 Å². The summed E-state index contributed by atoms with van der Waals surface area (Å²) in [5.41, 5.74) is 1.50. The van der Waals surface area contributed by atoms with Crippen LogP contribution in [0.3, 0.4) is 0 Å². The van der Waals surface area contributed by atoms with Gasteiger partial charge in [0.25, 0.3) is 0 Å². The van der Waals surface area contributed by atoms with Crippen molar-refractivity contribution in [2.75, 3.05) is 0 Å². The Bertz CT molecular complexity index is 145. The minimum absolute atomic E-state index is 0. The monoisotopic (exact) mass is 212 g/mol. The predicted octanol–water partition coefficient (Wildman–Crippen LogP) is 2.92. The first kappa shape index (κ1) is 10.4. The van der Waals surface area contributed by atoms with Crippen molar-refractivity contribution in [2.45, 2.75) is 26.7 Å². The smallest absolute Gasteiger partial charge is 0 e. The molecule has 0 amide bonds. The standard InChI is InChI=1S/C9H14.Zr/c1-3-8-5-6-9(4-2)7-8;/h5-8H,3-4H2,1-2H3;. The van der Waals surface area contributed by atoms with Gasteiger partial charge in [0.1, 0.15) is 0 Å². The van der Waals surface area contributed by atoms with Crippen LogP contribution < -0.4 is 0 Å². The van der Waals surface area contributed by atoms with Crippen molar-refractivity contribution < 1.29 is 26.2 Å². The van der Waals surface area contributed by atoms with E-state index in [1.165, 1.54) is 18.4 Å². The van der Waals surface area contributed by atoms with Gasteiger partial charge in [0, 0.05) is 26.2 Å². The van der Waals surface area contributed by atoms with Crippen LogP contribution in [0.5, 0.6) is 0 Å². The summed E-state index contributed by atoms with van der Waals surface area (Å²) in [7, 11) is 0. The summed E-state index contributed by atoms with van der Waals surface area (Å²) in [6.45, 7) is 4.43. The Hall–Kier alpha value is 0.363. The van der Waals surface area contributed by atoms with E-state index in [4.69, 9.17) is 0 Å². The maximum absolute atomic E-state index is 2.36. The van der Waals surface area contributed by atoms with Crippen LogP contribution in [0.25, 0.3) is 0 Å².